The lowest BCUT2D eigenvalue weighted by atomic mass is 10.1. The third-order valence-electron chi connectivity index (χ3n) is 2.52. The highest BCUT2D eigenvalue weighted by molar-refractivity contribution is 5.42. The van der Waals surface area contributed by atoms with E-state index in [2.05, 4.69) is 5.32 Å². The molecule has 0 aliphatic carbocycles. The minimum Gasteiger partial charge on any atom is -0.393 e. The Balaban J connectivity index is 1.73. The van der Waals surface area contributed by atoms with E-state index in [9.17, 15) is 0 Å². The van der Waals surface area contributed by atoms with Crippen LogP contribution >= 0.6 is 0 Å². The average molecular weight is 193 g/mol. The molecule has 0 bridgehead atoms. The molecule has 14 heavy (non-hydrogen) atoms. The summed E-state index contributed by atoms with van der Waals surface area (Å²) < 4.78 is 5.19. The molecular weight excluding hydrogens is 178 g/mol. The van der Waals surface area contributed by atoms with Crippen molar-refractivity contribution in [3.63, 3.8) is 0 Å². The molecule has 1 aromatic carbocycles. The Morgan fingerprint density at radius 1 is 1.36 bits per heavy atom. The lowest BCUT2D eigenvalue weighted by Gasteiger charge is -2.09. The molecule has 1 unspecified atom stereocenters. The first-order valence-electron chi connectivity index (χ1n) is 4.88. The van der Waals surface area contributed by atoms with Gasteiger partial charge in [-0.1, -0.05) is 18.2 Å². The fourth-order valence-electron chi connectivity index (χ4n) is 1.41. The summed E-state index contributed by atoms with van der Waals surface area (Å²) in [4.78, 5) is 0. The first-order chi connectivity index (χ1) is 6.85. The Kier molecular flexibility index (Phi) is 2.70. The van der Waals surface area contributed by atoms with Crippen LogP contribution in [0.25, 0.3) is 0 Å². The molecule has 3 heteroatoms. The van der Waals surface area contributed by atoms with Gasteiger partial charge in [-0.25, -0.2) is 0 Å². The zero-order valence-corrected chi connectivity index (χ0v) is 8.07. The highest BCUT2D eigenvalue weighted by Gasteiger charge is 2.43. The summed E-state index contributed by atoms with van der Waals surface area (Å²) in [5, 5.41) is 12.3. The number of epoxide rings is 1. The minimum absolute atomic E-state index is 0.128. The zero-order valence-electron chi connectivity index (χ0n) is 8.07. The second-order valence-electron chi connectivity index (χ2n) is 3.67. The van der Waals surface area contributed by atoms with Crippen LogP contribution in [0.3, 0.4) is 0 Å². The summed E-state index contributed by atoms with van der Waals surface area (Å²) in [6.45, 7) is 1.66. The maximum absolute atomic E-state index is 9.00. The number of para-hydroxylation sites is 1. The van der Waals surface area contributed by atoms with Crippen LogP contribution in [0.4, 0.5) is 5.69 Å². The van der Waals surface area contributed by atoms with Crippen LogP contribution < -0.4 is 5.32 Å². The lowest BCUT2D eigenvalue weighted by Crippen LogP contribution is -2.20. The van der Waals surface area contributed by atoms with Gasteiger partial charge in [-0.05, 0) is 18.6 Å². The van der Waals surface area contributed by atoms with Crippen molar-refractivity contribution >= 4 is 5.69 Å². The highest BCUT2D eigenvalue weighted by atomic mass is 16.6. The van der Waals surface area contributed by atoms with Crippen molar-refractivity contribution in [1.29, 1.82) is 0 Å². The van der Waals surface area contributed by atoms with E-state index in [0.717, 1.165) is 18.7 Å². The molecule has 0 aromatic heterocycles. The molecule has 0 saturated carbocycles. The number of aliphatic hydroxyl groups excluding tert-OH is 1. The van der Waals surface area contributed by atoms with E-state index >= 15 is 0 Å². The average Bonchev–Trinajstić information content (AvgIpc) is 3.00. The number of aliphatic hydroxyl groups is 1. The first-order valence-corrected chi connectivity index (χ1v) is 4.88. The standard InChI is InChI=1S/C11H15NO2/c13-8-11(9-14-11)6-7-12-10-4-2-1-3-5-10/h1-5,12-13H,6-9H2. The number of hydrogen-bond acceptors (Lipinski definition) is 3. The number of benzene rings is 1. The summed E-state index contributed by atoms with van der Waals surface area (Å²) in [6, 6.07) is 10.0. The van der Waals surface area contributed by atoms with Gasteiger partial charge >= 0.3 is 0 Å². The van der Waals surface area contributed by atoms with Gasteiger partial charge in [0.2, 0.25) is 0 Å². The molecule has 76 valence electrons. The van der Waals surface area contributed by atoms with Crippen molar-refractivity contribution in [2.75, 3.05) is 25.1 Å². The number of nitrogens with one attached hydrogen (secondary N) is 1. The van der Waals surface area contributed by atoms with Crippen molar-refractivity contribution in [3.05, 3.63) is 30.3 Å². The van der Waals surface area contributed by atoms with Gasteiger partial charge < -0.3 is 15.2 Å². The molecule has 0 amide bonds. The molecule has 2 N–H and O–H groups in total. The van der Waals surface area contributed by atoms with Crippen LogP contribution in [0.5, 0.6) is 0 Å². The van der Waals surface area contributed by atoms with Gasteiger partial charge in [0.15, 0.2) is 0 Å². The number of ether oxygens (including phenoxy) is 1. The van der Waals surface area contributed by atoms with E-state index in [1.54, 1.807) is 0 Å². The Hall–Kier alpha value is -1.06. The molecule has 0 spiro atoms. The fraction of sp³-hybridized carbons (Fsp3) is 0.455. The van der Waals surface area contributed by atoms with Gasteiger partial charge in [0.05, 0.1) is 13.2 Å². The molecule has 1 atom stereocenters. The quantitative estimate of drug-likeness (QED) is 0.692. The van der Waals surface area contributed by atoms with Crippen molar-refractivity contribution in [3.8, 4) is 0 Å². The van der Waals surface area contributed by atoms with Crippen molar-refractivity contribution in [1.82, 2.24) is 0 Å². The molecule has 3 nitrogen and oxygen atoms in total. The third kappa shape index (κ3) is 2.25. The van der Waals surface area contributed by atoms with Crippen molar-refractivity contribution in [2.45, 2.75) is 12.0 Å². The molecule has 0 radical (unpaired) electrons. The van der Waals surface area contributed by atoms with Crippen molar-refractivity contribution < 1.29 is 9.84 Å². The predicted molar refractivity (Wildman–Crippen MR) is 55.3 cm³/mol. The molecule has 1 saturated heterocycles. The third-order valence-corrected chi connectivity index (χ3v) is 2.52. The van der Waals surface area contributed by atoms with E-state index in [4.69, 9.17) is 9.84 Å². The van der Waals surface area contributed by atoms with Gasteiger partial charge in [-0.3, -0.25) is 0 Å². The fourth-order valence-corrected chi connectivity index (χ4v) is 1.41. The molecule has 1 aliphatic heterocycles. The summed E-state index contributed by atoms with van der Waals surface area (Å²) in [5.41, 5.74) is 0.878. The Morgan fingerprint density at radius 2 is 2.07 bits per heavy atom. The van der Waals surface area contributed by atoms with Crippen LogP contribution in [0.15, 0.2) is 30.3 Å². The van der Waals surface area contributed by atoms with Crippen LogP contribution in [-0.2, 0) is 4.74 Å². The second-order valence-corrected chi connectivity index (χ2v) is 3.67. The topological polar surface area (TPSA) is 44.8 Å². The minimum atomic E-state index is -0.234. The van der Waals surface area contributed by atoms with Gasteiger partial charge in [0.1, 0.15) is 5.60 Å². The second kappa shape index (κ2) is 3.98. The van der Waals surface area contributed by atoms with Gasteiger partial charge in [-0.15, -0.1) is 0 Å². The largest absolute Gasteiger partial charge is 0.393 e. The van der Waals surface area contributed by atoms with E-state index in [0.29, 0.717) is 6.61 Å². The predicted octanol–water partition coefficient (Wildman–Crippen LogP) is 1.25. The van der Waals surface area contributed by atoms with Gasteiger partial charge in [0, 0.05) is 12.2 Å². The molecular formula is C11H15NO2. The van der Waals surface area contributed by atoms with Gasteiger partial charge in [0.25, 0.3) is 0 Å². The first kappa shape index (κ1) is 9.49. The summed E-state index contributed by atoms with van der Waals surface area (Å²) in [6.07, 6.45) is 0.860. The van der Waals surface area contributed by atoms with E-state index < -0.39 is 0 Å². The smallest absolute Gasteiger partial charge is 0.116 e. The SMILES string of the molecule is OCC1(CCNc2ccccc2)CO1. The number of rotatable bonds is 5. The normalized spacial score (nSPS) is 24.6. The lowest BCUT2D eigenvalue weighted by molar-refractivity contribution is 0.167. The maximum atomic E-state index is 9.00. The number of hydrogen-bond donors (Lipinski definition) is 2. The Bertz CT molecular complexity index is 283. The Morgan fingerprint density at radius 3 is 2.64 bits per heavy atom. The van der Waals surface area contributed by atoms with Crippen LogP contribution in [0.1, 0.15) is 6.42 Å². The summed E-state index contributed by atoms with van der Waals surface area (Å²) in [5.74, 6) is 0. The molecule has 2 rings (SSSR count). The van der Waals surface area contributed by atoms with Crippen LogP contribution in [0.2, 0.25) is 0 Å². The zero-order chi connectivity index (χ0) is 9.86. The van der Waals surface area contributed by atoms with Gasteiger partial charge in [-0.2, -0.15) is 0 Å². The number of anilines is 1. The summed E-state index contributed by atoms with van der Waals surface area (Å²) in [7, 11) is 0. The maximum Gasteiger partial charge on any atom is 0.116 e. The van der Waals surface area contributed by atoms with Crippen molar-refractivity contribution in [2.24, 2.45) is 0 Å². The molecule has 1 aliphatic rings. The van der Waals surface area contributed by atoms with Crippen LogP contribution in [-0.4, -0.2) is 30.5 Å². The van der Waals surface area contributed by atoms with E-state index in [1.165, 1.54) is 0 Å². The van der Waals surface area contributed by atoms with E-state index in [1.807, 2.05) is 30.3 Å². The van der Waals surface area contributed by atoms with E-state index in [-0.39, 0.29) is 12.2 Å². The summed E-state index contributed by atoms with van der Waals surface area (Å²) >= 11 is 0. The molecule has 1 heterocycles. The molecule has 1 aromatic rings. The monoisotopic (exact) mass is 193 g/mol. The molecule has 1 fully saturated rings. The van der Waals surface area contributed by atoms with Crippen LogP contribution in [0, 0.1) is 0 Å². The Labute approximate surface area is 83.7 Å². The highest BCUT2D eigenvalue weighted by Crippen LogP contribution is 2.29.